The average Bonchev–Trinajstić information content (AvgIpc) is 2.91. The highest BCUT2D eigenvalue weighted by Gasteiger charge is 2.67. The van der Waals surface area contributed by atoms with E-state index in [-0.39, 0.29) is 11.8 Å². The normalized spacial score (nSPS) is 42.0. The van der Waals surface area contributed by atoms with Gasteiger partial charge in [0.25, 0.3) is 5.92 Å². The predicted molar refractivity (Wildman–Crippen MR) is 72.2 cm³/mol. The third kappa shape index (κ3) is 2.10. The fourth-order valence-electron chi connectivity index (χ4n) is 5.44. The Labute approximate surface area is 128 Å². The van der Waals surface area contributed by atoms with Crippen molar-refractivity contribution in [1.82, 2.24) is 0 Å². The number of halogens is 2. The first-order valence-corrected chi connectivity index (χ1v) is 8.16. The number of hydrogen-bond donors (Lipinski definition) is 0. The maximum absolute atomic E-state index is 13.0. The molecule has 0 amide bonds. The molecule has 0 aromatic rings. The fourth-order valence-corrected chi connectivity index (χ4v) is 5.44. The van der Waals surface area contributed by atoms with E-state index in [0.29, 0.717) is 32.0 Å². The predicted octanol–water partition coefficient (Wildman–Crippen LogP) is 2.75. The van der Waals surface area contributed by atoms with E-state index in [1.54, 1.807) is 0 Å². The van der Waals surface area contributed by atoms with Gasteiger partial charge in [-0.3, -0.25) is 4.79 Å². The lowest BCUT2D eigenvalue weighted by Gasteiger charge is -2.61. The van der Waals surface area contributed by atoms with E-state index in [1.807, 2.05) is 0 Å². The largest absolute Gasteiger partial charge is 0.459 e. The molecule has 5 fully saturated rings. The molecular formula is C16H22F2O4. The minimum atomic E-state index is -2.98. The van der Waals surface area contributed by atoms with E-state index in [0.717, 1.165) is 26.2 Å². The minimum absolute atomic E-state index is 0.191. The fraction of sp³-hybridized carbons (Fsp3) is 0.938. The van der Waals surface area contributed by atoms with Crippen molar-refractivity contribution in [1.29, 1.82) is 0 Å². The maximum atomic E-state index is 13.0. The van der Waals surface area contributed by atoms with Gasteiger partial charge in [-0.15, -0.1) is 0 Å². The first kappa shape index (κ1) is 14.8. The molecule has 2 unspecified atom stereocenters. The molecule has 5 aliphatic rings. The summed E-state index contributed by atoms with van der Waals surface area (Å²) in [6.07, 6.45) is 4.08. The van der Waals surface area contributed by atoms with Crippen molar-refractivity contribution in [2.75, 3.05) is 19.8 Å². The van der Waals surface area contributed by atoms with Gasteiger partial charge in [0.1, 0.15) is 0 Å². The van der Waals surface area contributed by atoms with Crippen LogP contribution in [0.3, 0.4) is 0 Å². The lowest BCUT2D eigenvalue weighted by atomic mass is 9.47. The monoisotopic (exact) mass is 316 g/mol. The third-order valence-corrected chi connectivity index (χ3v) is 5.96. The number of carbonyl (C=O) groups is 1. The topological polar surface area (TPSA) is 44.8 Å². The van der Waals surface area contributed by atoms with Gasteiger partial charge in [0.05, 0.1) is 18.6 Å². The summed E-state index contributed by atoms with van der Waals surface area (Å²) >= 11 is 0. The Kier molecular flexibility index (Phi) is 3.12. The Hall–Kier alpha value is -0.750. The SMILES string of the molecule is CC(F)(F)COC(=O)C12CC3CC(C1)C1(OCCO1)C(C3)C2. The van der Waals surface area contributed by atoms with E-state index >= 15 is 0 Å². The van der Waals surface area contributed by atoms with Gasteiger partial charge in [-0.05, 0) is 38.0 Å². The smallest absolute Gasteiger partial charge is 0.312 e. The molecule has 0 radical (unpaired) electrons. The molecule has 4 saturated carbocycles. The molecule has 0 aromatic carbocycles. The van der Waals surface area contributed by atoms with Crippen LogP contribution in [0, 0.1) is 23.2 Å². The van der Waals surface area contributed by atoms with Crippen molar-refractivity contribution >= 4 is 5.97 Å². The van der Waals surface area contributed by atoms with Gasteiger partial charge in [-0.2, -0.15) is 0 Å². The molecule has 4 aliphatic carbocycles. The number of ether oxygens (including phenoxy) is 3. The number of rotatable bonds is 3. The quantitative estimate of drug-likeness (QED) is 0.751. The molecule has 4 nitrogen and oxygen atoms in total. The van der Waals surface area contributed by atoms with E-state index in [2.05, 4.69) is 0 Å². The van der Waals surface area contributed by atoms with E-state index in [9.17, 15) is 13.6 Å². The molecule has 0 aromatic heterocycles. The standard InChI is InChI=1S/C16H22F2O4/c1-14(17,18)9-20-13(19)15-6-10-4-11(7-15)16(12(5-10)8-15)21-2-3-22-16/h10-12H,2-9H2,1H3. The van der Waals surface area contributed by atoms with Crippen LogP contribution in [0.5, 0.6) is 0 Å². The second kappa shape index (κ2) is 4.63. The molecule has 6 heteroatoms. The van der Waals surface area contributed by atoms with Gasteiger partial charge >= 0.3 is 5.97 Å². The summed E-state index contributed by atoms with van der Waals surface area (Å²) in [5, 5.41) is 0. The highest BCUT2D eigenvalue weighted by molar-refractivity contribution is 5.77. The van der Waals surface area contributed by atoms with Crippen LogP contribution >= 0.6 is 0 Å². The number of alkyl halides is 2. The molecule has 1 aliphatic heterocycles. The molecule has 5 rings (SSSR count). The highest BCUT2D eigenvalue weighted by atomic mass is 19.3. The van der Waals surface area contributed by atoms with E-state index < -0.39 is 29.7 Å². The first-order valence-electron chi connectivity index (χ1n) is 8.16. The van der Waals surface area contributed by atoms with Gasteiger partial charge in [0, 0.05) is 18.8 Å². The van der Waals surface area contributed by atoms with Crippen LogP contribution in [-0.2, 0) is 19.0 Å². The molecule has 1 saturated heterocycles. The zero-order valence-electron chi connectivity index (χ0n) is 12.8. The average molecular weight is 316 g/mol. The zero-order valence-corrected chi connectivity index (χ0v) is 12.8. The van der Waals surface area contributed by atoms with Gasteiger partial charge in [-0.1, -0.05) is 0 Å². The van der Waals surface area contributed by atoms with Crippen LogP contribution in [0.25, 0.3) is 0 Å². The van der Waals surface area contributed by atoms with Crippen LogP contribution in [0.4, 0.5) is 8.78 Å². The molecule has 1 heterocycles. The molecule has 124 valence electrons. The van der Waals surface area contributed by atoms with Crippen LogP contribution < -0.4 is 0 Å². The number of esters is 1. The van der Waals surface area contributed by atoms with Gasteiger partial charge in [0.2, 0.25) is 0 Å². The number of hydrogen-bond acceptors (Lipinski definition) is 4. The van der Waals surface area contributed by atoms with Crippen molar-refractivity contribution in [2.45, 2.75) is 50.7 Å². The Morgan fingerprint density at radius 2 is 1.77 bits per heavy atom. The van der Waals surface area contributed by atoms with Gasteiger partial charge in [0.15, 0.2) is 12.4 Å². The van der Waals surface area contributed by atoms with Gasteiger partial charge in [-0.25, -0.2) is 8.78 Å². The van der Waals surface area contributed by atoms with Crippen molar-refractivity contribution < 1.29 is 27.8 Å². The molecular weight excluding hydrogens is 294 g/mol. The maximum Gasteiger partial charge on any atom is 0.312 e. The lowest BCUT2D eigenvalue weighted by Crippen LogP contribution is -2.63. The molecule has 22 heavy (non-hydrogen) atoms. The van der Waals surface area contributed by atoms with E-state index in [1.165, 1.54) is 0 Å². The second-order valence-corrected chi connectivity index (χ2v) is 7.69. The summed E-state index contributed by atoms with van der Waals surface area (Å²) in [4.78, 5) is 12.5. The van der Waals surface area contributed by atoms with Gasteiger partial charge < -0.3 is 14.2 Å². The number of carbonyl (C=O) groups excluding carboxylic acids is 1. The second-order valence-electron chi connectivity index (χ2n) is 7.69. The lowest BCUT2D eigenvalue weighted by molar-refractivity contribution is -0.301. The summed E-state index contributed by atoms with van der Waals surface area (Å²) in [5.41, 5.74) is -0.595. The molecule has 0 N–H and O–H groups in total. The first-order chi connectivity index (χ1) is 10.3. The Morgan fingerprint density at radius 3 is 2.32 bits per heavy atom. The Morgan fingerprint density at radius 1 is 1.18 bits per heavy atom. The molecule has 1 spiro atoms. The summed E-state index contributed by atoms with van der Waals surface area (Å²) < 4.78 is 42.9. The summed E-state index contributed by atoms with van der Waals surface area (Å²) in [6, 6.07) is 0. The summed E-state index contributed by atoms with van der Waals surface area (Å²) in [5.74, 6) is -3.09. The van der Waals surface area contributed by atoms with Crippen molar-refractivity contribution in [3.05, 3.63) is 0 Å². The molecule has 2 atom stereocenters. The minimum Gasteiger partial charge on any atom is -0.459 e. The van der Waals surface area contributed by atoms with Crippen molar-refractivity contribution in [2.24, 2.45) is 23.2 Å². The van der Waals surface area contributed by atoms with E-state index in [4.69, 9.17) is 14.2 Å². The van der Waals surface area contributed by atoms with Crippen molar-refractivity contribution in [3.8, 4) is 0 Å². The van der Waals surface area contributed by atoms with Crippen LogP contribution in [0.15, 0.2) is 0 Å². The van der Waals surface area contributed by atoms with Crippen LogP contribution in [0.2, 0.25) is 0 Å². The van der Waals surface area contributed by atoms with Crippen LogP contribution in [0.1, 0.15) is 39.0 Å². The zero-order chi connectivity index (χ0) is 15.6. The highest BCUT2D eigenvalue weighted by Crippen LogP contribution is 2.65. The van der Waals surface area contributed by atoms with Crippen molar-refractivity contribution in [3.63, 3.8) is 0 Å². The van der Waals surface area contributed by atoms with Crippen LogP contribution in [-0.4, -0.2) is 37.5 Å². The summed E-state index contributed by atoms with van der Waals surface area (Å²) in [7, 11) is 0. The Balaban J connectivity index is 1.54. The Bertz CT molecular complexity index is 463. The molecule has 4 bridgehead atoms. The summed E-state index contributed by atoms with van der Waals surface area (Å²) in [6.45, 7) is 1.16. The third-order valence-electron chi connectivity index (χ3n) is 5.96.